The van der Waals surface area contributed by atoms with E-state index in [-0.39, 0.29) is 23.8 Å². The molecule has 2 rings (SSSR count). The third-order valence-corrected chi connectivity index (χ3v) is 9.68. The first-order chi connectivity index (χ1) is 11.2. The molecule has 24 heavy (non-hydrogen) atoms. The maximum absolute atomic E-state index is 12.7. The Morgan fingerprint density at radius 3 is 2.46 bits per heavy atom. The van der Waals surface area contributed by atoms with E-state index < -0.39 is 30.3 Å². The SMILES string of the molecule is CC(C(=O)[O-])[C@@H]1C[C@H](Cc2ccccc2)NC(=O)[C@@H]1[CH2][Sn]([CH3])([CH3])[CH3]. The molecule has 0 saturated carbocycles. The van der Waals surface area contributed by atoms with Crippen molar-refractivity contribution in [1.82, 2.24) is 5.32 Å². The summed E-state index contributed by atoms with van der Waals surface area (Å²) >= 11 is -2.22. The van der Waals surface area contributed by atoms with Crippen molar-refractivity contribution in [2.24, 2.45) is 17.8 Å². The summed E-state index contributed by atoms with van der Waals surface area (Å²) in [5, 5.41) is 14.6. The Morgan fingerprint density at radius 2 is 1.92 bits per heavy atom. The van der Waals surface area contributed by atoms with Crippen LogP contribution in [0.2, 0.25) is 19.3 Å². The molecule has 4 atom stereocenters. The molecule has 4 nitrogen and oxygen atoms in total. The summed E-state index contributed by atoms with van der Waals surface area (Å²) in [5.41, 5.74) is 1.16. The Labute approximate surface area is 148 Å². The molecule has 1 amide bonds. The molecule has 0 aromatic heterocycles. The number of benzene rings is 1. The van der Waals surface area contributed by atoms with Gasteiger partial charge >= 0.3 is 149 Å². The molecule has 132 valence electrons. The van der Waals surface area contributed by atoms with Crippen molar-refractivity contribution in [2.75, 3.05) is 0 Å². The Kier molecular flexibility index (Phi) is 6.34. The summed E-state index contributed by atoms with van der Waals surface area (Å²) in [6.07, 6.45) is 1.46. The molecule has 1 aromatic rings. The van der Waals surface area contributed by atoms with Gasteiger partial charge in [-0.3, -0.25) is 0 Å². The third kappa shape index (κ3) is 5.23. The van der Waals surface area contributed by atoms with Crippen LogP contribution in [0.5, 0.6) is 0 Å². The molecular weight excluding hydrogens is 409 g/mol. The number of amides is 1. The number of rotatable bonds is 6. The summed E-state index contributed by atoms with van der Waals surface area (Å²) < 4.78 is 0.890. The molecular formula is C19H28NO3Sn-. The number of carbonyl (C=O) groups excluding carboxylic acids is 2. The van der Waals surface area contributed by atoms with Crippen molar-refractivity contribution in [3.05, 3.63) is 35.9 Å². The molecule has 0 radical (unpaired) electrons. The van der Waals surface area contributed by atoms with Crippen LogP contribution in [0.4, 0.5) is 0 Å². The van der Waals surface area contributed by atoms with Gasteiger partial charge in [0.2, 0.25) is 0 Å². The van der Waals surface area contributed by atoms with Gasteiger partial charge in [-0.1, -0.05) is 0 Å². The van der Waals surface area contributed by atoms with Crippen LogP contribution in [0.15, 0.2) is 30.3 Å². The van der Waals surface area contributed by atoms with Crippen LogP contribution in [0, 0.1) is 17.8 Å². The fourth-order valence-electron chi connectivity index (χ4n) is 3.72. The summed E-state index contributed by atoms with van der Waals surface area (Å²) in [5.74, 6) is -1.91. The topological polar surface area (TPSA) is 69.2 Å². The molecule has 1 aliphatic rings. The number of aliphatic carboxylic acids is 1. The average Bonchev–Trinajstić information content (AvgIpc) is 2.48. The molecule has 1 unspecified atom stereocenters. The second kappa shape index (κ2) is 7.89. The standard InChI is InChI=1S/C16H20NO3.3CH3.Sn/c1-10-14(11(2)16(19)20)9-13(17-15(10)18)8-12-6-4-3-5-7-12;;;;/h3-7,10-11,13-14H,1,8-9H2,2H3,(H,17,18)(H,19,20);3*1H3;/p-1/t10-,11?,13+,14-;;;;/m1..../s1. The maximum atomic E-state index is 12.7. The fraction of sp³-hybridized carbons (Fsp3) is 0.579. The van der Waals surface area contributed by atoms with Gasteiger partial charge in [-0.2, -0.15) is 0 Å². The summed E-state index contributed by atoms with van der Waals surface area (Å²) in [6, 6.07) is 10.0. The van der Waals surface area contributed by atoms with Crippen molar-refractivity contribution in [3.8, 4) is 0 Å². The van der Waals surface area contributed by atoms with E-state index in [1.54, 1.807) is 6.92 Å². The molecule has 0 bridgehead atoms. The molecule has 1 heterocycles. The van der Waals surface area contributed by atoms with Gasteiger partial charge in [-0.05, 0) is 0 Å². The van der Waals surface area contributed by atoms with E-state index in [1.807, 2.05) is 30.3 Å². The van der Waals surface area contributed by atoms with Crippen LogP contribution >= 0.6 is 0 Å². The third-order valence-electron chi connectivity index (χ3n) is 4.93. The Balaban J connectivity index is 2.18. The Hall–Kier alpha value is -1.04. The molecule has 0 spiro atoms. The van der Waals surface area contributed by atoms with E-state index in [9.17, 15) is 14.7 Å². The summed E-state index contributed by atoms with van der Waals surface area (Å²) in [6.45, 7) is 1.70. The minimum atomic E-state index is -2.22. The number of hydrogen-bond acceptors (Lipinski definition) is 3. The average molecular weight is 437 g/mol. The fourth-order valence-corrected chi connectivity index (χ4v) is 8.88. The summed E-state index contributed by atoms with van der Waals surface area (Å²) in [4.78, 5) is 31.0. The van der Waals surface area contributed by atoms with Crippen molar-refractivity contribution in [3.63, 3.8) is 0 Å². The van der Waals surface area contributed by atoms with Crippen molar-refractivity contribution >= 4 is 30.3 Å². The first-order valence-corrected chi connectivity index (χ1v) is 19.3. The van der Waals surface area contributed by atoms with Crippen LogP contribution in [-0.2, 0) is 16.0 Å². The van der Waals surface area contributed by atoms with Gasteiger partial charge in [0.05, 0.1) is 0 Å². The molecule has 0 aliphatic carbocycles. The van der Waals surface area contributed by atoms with E-state index in [0.717, 1.165) is 16.4 Å². The van der Waals surface area contributed by atoms with E-state index in [1.165, 1.54) is 0 Å². The number of carboxylic acids is 1. The normalized spacial score (nSPS) is 25.8. The van der Waals surface area contributed by atoms with Gasteiger partial charge in [0.1, 0.15) is 0 Å². The summed E-state index contributed by atoms with van der Waals surface area (Å²) in [7, 11) is 0. The molecule has 5 heteroatoms. The molecule has 1 aromatic carbocycles. The number of nitrogens with one attached hydrogen (secondary N) is 1. The van der Waals surface area contributed by atoms with Gasteiger partial charge in [0.15, 0.2) is 0 Å². The van der Waals surface area contributed by atoms with E-state index >= 15 is 0 Å². The predicted molar refractivity (Wildman–Crippen MR) is 96.0 cm³/mol. The zero-order valence-electron chi connectivity index (χ0n) is 15.0. The van der Waals surface area contributed by atoms with Crippen molar-refractivity contribution < 1.29 is 14.7 Å². The van der Waals surface area contributed by atoms with Crippen LogP contribution in [0.3, 0.4) is 0 Å². The number of piperidine rings is 1. The molecule has 1 saturated heterocycles. The first-order valence-electron chi connectivity index (χ1n) is 8.72. The zero-order chi connectivity index (χ0) is 17.9. The van der Waals surface area contributed by atoms with Crippen LogP contribution < -0.4 is 10.4 Å². The van der Waals surface area contributed by atoms with E-state index in [4.69, 9.17) is 0 Å². The van der Waals surface area contributed by atoms with E-state index in [2.05, 4.69) is 20.1 Å². The Morgan fingerprint density at radius 1 is 1.29 bits per heavy atom. The van der Waals surface area contributed by atoms with Gasteiger partial charge in [-0.15, -0.1) is 0 Å². The van der Waals surface area contributed by atoms with Crippen LogP contribution in [0.25, 0.3) is 0 Å². The molecule has 1 aliphatic heterocycles. The number of carboxylic acid groups (broad SMARTS) is 1. The van der Waals surface area contributed by atoms with Crippen molar-refractivity contribution in [2.45, 2.75) is 45.1 Å². The molecule has 1 fully saturated rings. The van der Waals surface area contributed by atoms with Gasteiger partial charge in [0.25, 0.3) is 0 Å². The first kappa shape index (κ1) is 19.3. The predicted octanol–water partition coefficient (Wildman–Crippen LogP) is 2.07. The van der Waals surface area contributed by atoms with Crippen LogP contribution in [-0.4, -0.2) is 36.3 Å². The second-order valence-electron chi connectivity index (χ2n) is 8.27. The van der Waals surface area contributed by atoms with E-state index in [0.29, 0.717) is 6.42 Å². The van der Waals surface area contributed by atoms with Crippen LogP contribution in [0.1, 0.15) is 18.9 Å². The molecule has 1 N–H and O–H groups in total. The quantitative estimate of drug-likeness (QED) is 0.694. The second-order valence-corrected chi connectivity index (χ2v) is 24.1. The van der Waals surface area contributed by atoms with Gasteiger partial charge < -0.3 is 0 Å². The van der Waals surface area contributed by atoms with Crippen molar-refractivity contribution in [1.29, 1.82) is 0 Å². The van der Waals surface area contributed by atoms with Gasteiger partial charge in [-0.25, -0.2) is 0 Å². The minimum absolute atomic E-state index is 0.00174. The monoisotopic (exact) mass is 438 g/mol. The number of carbonyl (C=O) groups is 2. The number of hydrogen-bond donors (Lipinski definition) is 1. The Bertz CT molecular complexity index is 582. The van der Waals surface area contributed by atoms with Gasteiger partial charge in [0, 0.05) is 0 Å². The zero-order valence-corrected chi connectivity index (χ0v) is 17.9.